The number of urea groups is 1. The van der Waals surface area contributed by atoms with Crippen molar-refractivity contribution in [3.05, 3.63) is 52.2 Å². The van der Waals surface area contributed by atoms with Crippen LogP contribution in [0.25, 0.3) is 0 Å². The Balaban J connectivity index is 1.46. The highest BCUT2D eigenvalue weighted by molar-refractivity contribution is 7.99. The molecule has 1 atom stereocenters. The summed E-state index contributed by atoms with van der Waals surface area (Å²) in [5, 5.41) is 5.85. The van der Waals surface area contributed by atoms with E-state index in [1.165, 1.54) is 9.77 Å². The van der Waals surface area contributed by atoms with Crippen LogP contribution in [0.4, 0.5) is 4.79 Å². The topological polar surface area (TPSA) is 35.6 Å². The maximum Gasteiger partial charge on any atom is 0.317 e. The predicted molar refractivity (Wildman–Crippen MR) is 116 cm³/mol. The zero-order chi connectivity index (χ0) is 19.2. The van der Waals surface area contributed by atoms with Gasteiger partial charge in [0.1, 0.15) is 0 Å². The second kappa shape index (κ2) is 9.62. The Hall–Kier alpha value is -1.50. The number of carbonyl (C=O) groups is 1. The lowest BCUT2D eigenvalue weighted by atomic mass is 10.1. The van der Waals surface area contributed by atoms with Gasteiger partial charge >= 0.3 is 6.03 Å². The van der Waals surface area contributed by atoms with Crippen molar-refractivity contribution in [3.8, 4) is 0 Å². The Bertz CT molecular complexity index is 708. The molecule has 27 heavy (non-hydrogen) atoms. The minimum absolute atomic E-state index is 0.0137. The molecule has 0 spiro atoms. The number of carbonyl (C=O) groups excluding carboxylic acids is 1. The van der Waals surface area contributed by atoms with Crippen LogP contribution in [-0.2, 0) is 6.54 Å². The smallest absolute Gasteiger partial charge is 0.317 e. The molecule has 0 radical (unpaired) electrons. The highest BCUT2D eigenvalue weighted by Crippen LogP contribution is 2.24. The number of thiophene rings is 1. The molecule has 1 aliphatic rings. The zero-order valence-corrected chi connectivity index (χ0v) is 18.0. The Morgan fingerprint density at radius 1 is 1.11 bits per heavy atom. The minimum Gasteiger partial charge on any atom is -0.331 e. The van der Waals surface area contributed by atoms with Gasteiger partial charge in [-0.05, 0) is 36.1 Å². The Kier molecular flexibility index (Phi) is 7.21. The van der Waals surface area contributed by atoms with Gasteiger partial charge in [0, 0.05) is 47.7 Å². The van der Waals surface area contributed by atoms with Crippen LogP contribution in [0.1, 0.15) is 37.3 Å². The Morgan fingerprint density at radius 3 is 2.41 bits per heavy atom. The summed E-state index contributed by atoms with van der Waals surface area (Å²) in [6, 6.07) is 12.9. The first kappa shape index (κ1) is 20.2. The van der Waals surface area contributed by atoms with Crippen molar-refractivity contribution < 1.29 is 4.79 Å². The summed E-state index contributed by atoms with van der Waals surface area (Å²) < 4.78 is 0. The van der Waals surface area contributed by atoms with Crippen molar-refractivity contribution >= 4 is 29.1 Å². The Labute approximate surface area is 170 Å². The van der Waals surface area contributed by atoms with E-state index in [9.17, 15) is 4.79 Å². The number of nitrogens with zero attached hydrogens (tertiary/aromatic N) is 2. The second-order valence-corrected chi connectivity index (χ2v) is 9.93. The number of nitrogens with one attached hydrogen (secondary N) is 1. The minimum atomic E-state index is 0.0137. The molecule has 3 rings (SSSR count). The first-order chi connectivity index (χ1) is 13.0. The molecule has 1 saturated heterocycles. The molecule has 6 heteroatoms. The highest BCUT2D eigenvalue weighted by atomic mass is 32.2. The summed E-state index contributed by atoms with van der Waals surface area (Å²) in [4.78, 5) is 19.6. The summed E-state index contributed by atoms with van der Waals surface area (Å²) in [5.74, 6) is 0. The third kappa shape index (κ3) is 5.99. The van der Waals surface area contributed by atoms with Crippen LogP contribution in [0, 0.1) is 0 Å². The third-order valence-corrected chi connectivity index (χ3v) is 6.59. The number of hydrogen-bond donors (Lipinski definition) is 1. The molecule has 146 valence electrons. The van der Waals surface area contributed by atoms with Crippen LogP contribution in [0.5, 0.6) is 0 Å². The number of thioether (sulfide) groups is 1. The van der Waals surface area contributed by atoms with Crippen molar-refractivity contribution in [1.82, 2.24) is 15.1 Å². The number of amides is 2. The molecule has 2 heterocycles. The van der Waals surface area contributed by atoms with Gasteiger partial charge in [-0.15, -0.1) is 23.1 Å². The Morgan fingerprint density at radius 2 is 1.81 bits per heavy atom. The molecule has 1 aromatic heterocycles. The lowest BCUT2D eigenvalue weighted by molar-refractivity contribution is 0.134. The molecule has 1 N–H and O–H groups in total. The predicted octanol–water partition coefficient (Wildman–Crippen LogP) is 4.84. The van der Waals surface area contributed by atoms with E-state index in [0.717, 1.165) is 38.3 Å². The summed E-state index contributed by atoms with van der Waals surface area (Å²) in [7, 11) is 0. The summed E-state index contributed by atoms with van der Waals surface area (Å²) in [6.07, 6.45) is 0. The maximum absolute atomic E-state index is 12.6. The van der Waals surface area contributed by atoms with E-state index in [1.807, 2.05) is 16.7 Å². The van der Waals surface area contributed by atoms with E-state index in [0.29, 0.717) is 5.25 Å². The molecule has 0 saturated carbocycles. The summed E-state index contributed by atoms with van der Waals surface area (Å²) in [5.41, 5.74) is 1.15. The summed E-state index contributed by atoms with van der Waals surface area (Å²) in [6.45, 7) is 10.9. The number of rotatable bonds is 6. The van der Waals surface area contributed by atoms with Gasteiger partial charge in [0.2, 0.25) is 0 Å². The lowest BCUT2D eigenvalue weighted by Crippen LogP contribution is -2.51. The van der Waals surface area contributed by atoms with E-state index in [4.69, 9.17) is 0 Å². The van der Waals surface area contributed by atoms with E-state index < -0.39 is 0 Å². The maximum atomic E-state index is 12.6. The molecular weight excluding hydrogens is 374 g/mol. The molecule has 1 aliphatic heterocycles. The zero-order valence-electron chi connectivity index (χ0n) is 16.4. The molecule has 0 aliphatic carbocycles. The summed E-state index contributed by atoms with van der Waals surface area (Å²) >= 11 is 3.65. The molecule has 4 nitrogen and oxygen atoms in total. The van der Waals surface area contributed by atoms with Crippen LogP contribution in [-0.4, -0.2) is 47.3 Å². The van der Waals surface area contributed by atoms with Crippen molar-refractivity contribution in [2.24, 2.45) is 0 Å². The van der Waals surface area contributed by atoms with E-state index in [1.54, 1.807) is 11.3 Å². The van der Waals surface area contributed by atoms with Crippen molar-refractivity contribution in [1.29, 1.82) is 0 Å². The van der Waals surface area contributed by atoms with Gasteiger partial charge in [-0.25, -0.2) is 4.79 Å². The third-order valence-electron chi connectivity index (χ3n) is 4.71. The van der Waals surface area contributed by atoms with E-state index in [-0.39, 0.29) is 12.1 Å². The van der Waals surface area contributed by atoms with Crippen molar-refractivity contribution in [2.75, 3.05) is 26.2 Å². The fourth-order valence-electron chi connectivity index (χ4n) is 3.20. The van der Waals surface area contributed by atoms with Crippen LogP contribution >= 0.6 is 23.1 Å². The van der Waals surface area contributed by atoms with Gasteiger partial charge < -0.3 is 10.2 Å². The van der Waals surface area contributed by atoms with Crippen LogP contribution in [0.15, 0.2) is 46.7 Å². The fraction of sp³-hybridized carbons (Fsp3) is 0.476. The van der Waals surface area contributed by atoms with Crippen molar-refractivity contribution in [3.63, 3.8) is 0 Å². The number of hydrogen-bond acceptors (Lipinski definition) is 4. The largest absolute Gasteiger partial charge is 0.331 e. The molecule has 2 amide bonds. The highest BCUT2D eigenvalue weighted by Gasteiger charge is 2.22. The van der Waals surface area contributed by atoms with Gasteiger partial charge in [-0.1, -0.05) is 32.0 Å². The molecule has 2 aromatic rings. The SMILES string of the molecule is CC(C)Sc1ccc(C(C)NC(=O)N2CCN(Cc3cccs3)CC2)cc1. The van der Waals surface area contributed by atoms with Crippen LogP contribution in [0.3, 0.4) is 0 Å². The van der Waals surface area contributed by atoms with Gasteiger partial charge in [0.15, 0.2) is 0 Å². The van der Waals surface area contributed by atoms with E-state index >= 15 is 0 Å². The second-order valence-electron chi connectivity index (χ2n) is 7.25. The average Bonchev–Trinajstić information content (AvgIpc) is 3.15. The first-order valence-electron chi connectivity index (χ1n) is 9.58. The first-order valence-corrected chi connectivity index (χ1v) is 11.3. The molecule has 1 aromatic carbocycles. The molecule has 1 unspecified atom stereocenters. The normalized spacial score (nSPS) is 16.5. The lowest BCUT2D eigenvalue weighted by Gasteiger charge is -2.35. The quantitative estimate of drug-likeness (QED) is 0.701. The van der Waals surface area contributed by atoms with Crippen molar-refractivity contribution in [2.45, 2.75) is 43.5 Å². The number of piperazine rings is 1. The van der Waals surface area contributed by atoms with Crippen LogP contribution in [0.2, 0.25) is 0 Å². The molecule has 0 bridgehead atoms. The van der Waals surface area contributed by atoms with Gasteiger partial charge in [-0.3, -0.25) is 4.90 Å². The van der Waals surface area contributed by atoms with E-state index in [2.05, 4.69) is 72.8 Å². The van der Waals surface area contributed by atoms with Gasteiger partial charge in [0.05, 0.1) is 6.04 Å². The van der Waals surface area contributed by atoms with Crippen LogP contribution < -0.4 is 5.32 Å². The standard InChI is InChI=1S/C21H29N3OS2/c1-16(2)27-19-8-6-18(7-9-19)17(3)22-21(25)24-12-10-23(11-13-24)15-20-5-4-14-26-20/h4-9,14,16-17H,10-13,15H2,1-3H3,(H,22,25). The fourth-order valence-corrected chi connectivity index (χ4v) is 4.78. The molecule has 1 fully saturated rings. The number of benzene rings is 1. The monoisotopic (exact) mass is 403 g/mol. The average molecular weight is 404 g/mol. The molecular formula is C21H29N3OS2. The van der Waals surface area contributed by atoms with Gasteiger partial charge in [0.25, 0.3) is 0 Å². The van der Waals surface area contributed by atoms with Gasteiger partial charge in [-0.2, -0.15) is 0 Å².